The topological polar surface area (TPSA) is 87.9 Å². The van der Waals surface area contributed by atoms with Crippen LogP contribution in [0.5, 0.6) is 5.75 Å². The molecule has 0 aliphatic carbocycles. The standard InChI is InChI=1S/C19H21N3O4S/c23-18-6-2-1-4-14(18)12-21(13-17-5-3-11-26-17)19(27)20-15-7-9-16(10-8-15)22(24)25/h1-2,4,6-10,17,23H,3,5,11-13H2,(H,20,27)/t17-/m1/s1. The number of aromatic hydroxyl groups is 1. The Morgan fingerprint density at radius 3 is 2.67 bits per heavy atom. The van der Waals surface area contributed by atoms with E-state index in [1.165, 1.54) is 12.1 Å². The summed E-state index contributed by atoms with van der Waals surface area (Å²) in [5.74, 6) is 0.216. The quantitative estimate of drug-likeness (QED) is 0.444. The molecule has 1 aliphatic heterocycles. The fraction of sp³-hybridized carbons (Fsp3) is 0.316. The molecule has 2 aromatic rings. The van der Waals surface area contributed by atoms with Crippen molar-refractivity contribution in [1.82, 2.24) is 4.90 Å². The van der Waals surface area contributed by atoms with E-state index in [9.17, 15) is 15.2 Å². The van der Waals surface area contributed by atoms with E-state index < -0.39 is 4.92 Å². The molecule has 0 saturated carbocycles. The third-order valence-electron chi connectivity index (χ3n) is 4.42. The lowest BCUT2D eigenvalue weighted by Gasteiger charge is -2.28. The van der Waals surface area contributed by atoms with Crippen molar-refractivity contribution in [2.45, 2.75) is 25.5 Å². The maximum absolute atomic E-state index is 10.8. The van der Waals surface area contributed by atoms with Crippen molar-refractivity contribution in [2.24, 2.45) is 0 Å². The average Bonchev–Trinajstić information content (AvgIpc) is 3.16. The van der Waals surface area contributed by atoms with Gasteiger partial charge in [0.25, 0.3) is 5.69 Å². The van der Waals surface area contributed by atoms with Gasteiger partial charge in [-0.2, -0.15) is 0 Å². The smallest absolute Gasteiger partial charge is 0.269 e. The number of non-ortho nitro benzene ring substituents is 1. The normalized spacial score (nSPS) is 16.1. The second kappa shape index (κ2) is 8.79. The number of thiocarbonyl (C=S) groups is 1. The third kappa shape index (κ3) is 5.15. The second-order valence-electron chi connectivity index (χ2n) is 6.38. The number of phenols is 1. The van der Waals surface area contributed by atoms with E-state index in [2.05, 4.69) is 5.32 Å². The highest BCUT2D eigenvalue weighted by molar-refractivity contribution is 7.80. The molecule has 7 nitrogen and oxygen atoms in total. The van der Waals surface area contributed by atoms with Gasteiger partial charge in [0.1, 0.15) is 5.75 Å². The fourth-order valence-electron chi connectivity index (χ4n) is 2.97. The Morgan fingerprint density at radius 2 is 2.04 bits per heavy atom. The van der Waals surface area contributed by atoms with Crippen molar-refractivity contribution in [1.29, 1.82) is 0 Å². The molecule has 0 radical (unpaired) electrons. The van der Waals surface area contributed by atoms with Gasteiger partial charge < -0.3 is 20.1 Å². The first-order valence-electron chi connectivity index (χ1n) is 8.72. The van der Waals surface area contributed by atoms with Gasteiger partial charge in [-0.3, -0.25) is 10.1 Å². The van der Waals surface area contributed by atoms with Gasteiger partial charge in [-0.15, -0.1) is 0 Å². The number of nitro groups is 1. The predicted molar refractivity (Wildman–Crippen MR) is 107 cm³/mol. The largest absolute Gasteiger partial charge is 0.508 e. The molecule has 27 heavy (non-hydrogen) atoms. The number of nitrogens with zero attached hydrogens (tertiary/aromatic N) is 2. The molecule has 2 N–H and O–H groups in total. The van der Waals surface area contributed by atoms with Crippen molar-refractivity contribution in [3.05, 3.63) is 64.2 Å². The number of phenolic OH excluding ortho intramolecular Hbond substituents is 1. The molecule has 3 rings (SSSR count). The van der Waals surface area contributed by atoms with Gasteiger partial charge in [0.05, 0.1) is 11.0 Å². The summed E-state index contributed by atoms with van der Waals surface area (Å²) in [7, 11) is 0. The monoisotopic (exact) mass is 387 g/mol. The zero-order chi connectivity index (χ0) is 19.2. The van der Waals surface area contributed by atoms with Crippen molar-refractivity contribution < 1.29 is 14.8 Å². The zero-order valence-electron chi connectivity index (χ0n) is 14.7. The van der Waals surface area contributed by atoms with Crippen LogP contribution in [0.4, 0.5) is 11.4 Å². The van der Waals surface area contributed by atoms with Gasteiger partial charge in [-0.1, -0.05) is 18.2 Å². The molecule has 1 aliphatic rings. The Balaban J connectivity index is 1.73. The van der Waals surface area contributed by atoms with Crippen LogP contribution < -0.4 is 5.32 Å². The average molecular weight is 387 g/mol. The van der Waals surface area contributed by atoms with Crippen LogP contribution in [0.2, 0.25) is 0 Å². The first kappa shape index (κ1) is 19.1. The van der Waals surface area contributed by atoms with Gasteiger partial charge in [-0.25, -0.2) is 0 Å². The Labute approximate surface area is 162 Å². The van der Waals surface area contributed by atoms with Crippen molar-refractivity contribution in [2.75, 3.05) is 18.5 Å². The first-order valence-corrected chi connectivity index (χ1v) is 9.12. The summed E-state index contributed by atoms with van der Waals surface area (Å²) in [5.41, 5.74) is 1.46. The third-order valence-corrected chi connectivity index (χ3v) is 4.78. The highest BCUT2D eigenvalue weighted by Gasteiger charge is 2.22. The molecule has 2 aromatic carbocycles. The number of nitrogens with one attached hydrogen (secondary N) is 1. The SMILES string of the molecule is O=[N+]([O-])c1ccc(NC(=S)N(Cc2ccccc2O)C[C@H]2CCCO2)cc1. The van der Waals surface area contributed by atoms with Gasteiger partial charge in [0.15, 0.2) is 5.11 Å². The summed E-state index contributed by atoms with van der Waals surface area (Å²) in [6.45, 7) is 1.79. The molecule has 1 saturated heterocycles. The van der Waals surface area contributed by atoms with E-state index in [4.69, 9.17) is 17.0 Å². The molecule has 0 aromatic heterocycles. The van der Waals surface area contributed by atoms with Crippen molar-refractivity contribution >= 4 is 28.7 Å². The predicted octanol–water partition coefficient (Wildman–Crippen LogP) is 3.68. The molecule has 0 bridgehead atoms. The van der Waals surface area contributed by atoms with E-state index in [1.54, 1.807) is 24.3 Å². The summed E-state index contributed by atoms with van der Waals surface area (Å²) < 4.78 is 5.73. The molecular weight excluding hydrogens is 366 g/mol. The van der Waals surface area contributed by atoms with Crippen LogP contribution in [0.3, 0.4) is 0 Å². The Bertz CT molecular complexity index is 807. The molecular formula is C19H21N3O4S. The minimum atomic E-state index is -0.440. The number of rotatable bonds is 6. The van der Waals surface area contributed by atoms with Gasteiger partial charge in [0.2, 0.25) is 0 Å². The summed E-state index contributed by atoms with van der Waals surface area (Å²) >= 11 is 5.56. The van der Waals surface area contributed by atoms with Crippen molar-refractivity contribution in [3.63, 3.8) is 0 Å². The molecule has 1 atom stereocenters. The lowest BCUT2D eigenvalue weighted by molar-refractivity contribution is -0.384. The number of nitro benzene ring substituents is 1. The summed E-state index contributed by atoms with van der Waals surface area (Å²) in [5, 5.41) is 24.5. The molecule has 0 unspecified atom stereocenters. The summed E-state index contributed by atoms with van der Waals surface area (Å²) in [6, 6.07) is 13.2. The number of benzene rings is 2. The van der Waals surface area contributed by atoms with E-state index >= 15 is 0 Å². The van der Waals surface area contributed by atoms with Crippen LogP contribution in [0.15, 0.2) is 48.5 Å². The lowest BCUT2D eigenvalue weighted by atomic mass is 10.1. The van der Waals surface area contributed by atoms with Gasteiger partial charge in [-0.05, 0) is 43.3 Å². The minimum absolute atomic E-state index is 0.0249. The molecule has 0 amide bonds. The number of anilines is 1. The van der Waals surface area contributed by atoms with Crippen LogP contribution >= 0.6 is 12.2 Å². The summed E-state index contributed by atoms with van der Waals surface area (Å²) in [4.78, 5) is 12.3. The molecule has 0 spiro atoms. The molecule has 1 fully saturated rings. The number of hydrogen-bond donors (Lipinski definition) is 2. The molecule has 8 heteroatoms. The Kier molecular flexibility index (Phi) is 6.20. The Morgan fingerprint density at radius 1 is 1.30 bits per heavy atom. The summed E-state index contributed by atoms with van der Waals surface area (Å²) in [6.07, 6.45) is 2.09. The second-order valence-corrected chi connectivity index (χ2v) is 6.77. The van der Waals surface area contributed by atoms with E-state index in [0.29, 0.717) is 23.9 Å². The van der Waals surface area contributed by atoms with Crippen LogP contribution in [0, 0.1) is 10.1 Å². The number of hydrogen-bond acceptors (Lipinski definition) is 5. The Hall–Kier alpha value is -2.71. The zero-order valence-corrected chi connectivity index (χ0v) is 15.5. The maximum atomic E-state index is 10.8. The van der Waals surface area contributed by atoms with E-state index in [1.807, 2.05) is 17.0 Å². The van der Waals surface area contributed by atoms with Crippen LogP contribution in [-0.4, -0.2) is 39.3 Å². The molecule has 1 heterocycles. The van der Waals surface area contributed by atoms with Gasteiger partial charge in [0, 0.05) is 43.1 Å². The van der Waals surface area contributed by atoms with E-state index in [0.717, 1.165) is 25.0 Å². The van der Waals surface area contributed by atoms with Crippen LogP contribution in [0.25, 0.3) is 0 Å². The fourth-order valence-corrected chi connectivity index (χ4v) is 3.23. The number of para-hydroxylation sites is 1. The first-order chi connectivity index (χ1) is 13.0. The lowest BCUT2D eigenvalue weighted by Crippen LogP contribution is -2.39. The molecule has 142 valence electrons. The maximum Gasteiger partial charge on any atom is 0.269 e. The van der Waals surface area contributed by atoms with Crippen molar-refractivity contribution in [3.8, 4) is 5.75 Å². The van der Waals surface area contributed by atoms with E-state index in [-0.39, 0.29) is 17.5 Å². The number of ether oxygens (including phenoxy) is 1. The highest BCUT2D eigenvalue weighted by atomic mass is 32.1. The van der Waals surface area contributed by atoms with Crippen LogP contribution in [-0.2, 0) is 11.3 Å². The minimum Gasteiger partial charge on any atom is -0.508 e. The highest BCUT2D eigenvalue weighted by Crippen LogP contribution is 2.22. The van der Waals surface area contributed by atoms with Crippen LogP contribution in [0.1, 0.15) is 18.4 Å². The van der Waals surface area contributed by atoms with Gasteiger partial charge >= 0.3 is 0 Å².